The summed E-state index contributed by atoms with van der Waals surface area (Å²) in [7, 11) is 0. The fraction of sp³-hybridized carbons (Fsp3) is 0.278. The second-order valence-corrected chi connectivity index (χ2v) is 5.59. The smallest absolute Gasteiger partial charge is 0.319 e. The van der Waals surface area contributed by atoms with Gasteiger partial charge < -0.3 is 15.5 Å². The summed E-state index contributed by atoms with van der Waals surface area (Å²) < 4.78 is 0. The number of rotatable bonds is 6. The van der Waals surface area contributed by atoms with E-state index in [1.54, 1.807) is 0 Å². The van der Waals surface area contributed by atoms with Crippen LogP contribution in [0.4, 0.5) is 16.2 Å². The molecule has 0 aliphatic rings. The number of nitrogens with one attached hydrogen (secondary N) is 2. The van der Waals surface area contributed by atoms with Crippen LogP contribution in [0.2, 0.25) is 5.02 Å². The van der Waals surface area contributed by atoms with Gasteiger partial charge >= 0.3 is 6.03 Å². The Balaban J connectivity index is 1.87. The Morgan fingerprint density at radius 3 is 2.39 bits per heavy atom. The van der Waals surface area contributed by atoms with Gasteiger partial charge in [-0.05, 0) is 55.8 Å². The maximum absolute atomic E-state index is 11.9. The fourth-order valence-electron chi connectivity index (χ4n) is 2.35. The van der Waals surface area contributed by atoms with Crippen molar-refractivity contribution in [2.75, 3.05) is 23.3 Å². The van der Waals surface area contributed by atoms with E-state index in [0.29, 0.717) is 11.6 Å². The molecule has 0 aliphatic heterocycles. The molecule has 2 rings (SSSR count). The van der Waals surface area contributed by atoms with Crippen molar-refractivity contribution in [3.63, 3.8) is 0 Å². The van der Waals surface area contributed by atoms with E-state index < -0.39 is 0 Å². The van der Waals surface area contributed by atoms with Crippen LogP contribution in [0.25, 0.3) is 0 Å². The molecule has 0 fully saturated rings. The molecule has 23 heavy (non-hydrogen) atoms. The van der Waals surface area contributed by atoms with Gasteiger partial charge in [-0.25, -0.2) is 4.79 Å². The van der Waals surface area contributed by atoms with Crippen LogP contribution < -0.4 is 15.5 Å². The minimum absolute atomic E-state index is 0.236. The van der Waals surface area contributed by atoms with Gasteiger partial charge in [-0.15, -0.1) is 0 Å². The van der Waals surface area contributed by atoms with Crippen molar-refractivity contribution < 1.29 is 4.79 Å². The number of carbonyl (C=O) groups excluding carboxylic acids is 1. The molecule has 0 aromatic heterocycles. The second-order valence-electron chi connectivity index (χ2n) is 5.16. The number of benzene rings is 2. The third kappa shape index (κ3) is 5.18. The zero-order chi connectivity index (χ0) is 16.7. The van der Waals surface area contributed by atoms with E-state index in [2.05, 4.69) is 29.4 Å². The van der Waals surface area contributed by atoms with Crippen molar-refractivity contribution in [2.24, 2.45) is 0 Å². The Morgan fingerprint density at radius 1 is 1.09 bits per heavy atom. The predicted octanol–water partition coefficient (Wildman–Crippen LogP) is 4.51. The third-order valence-electron chi connectivity index (χ3n) is 3.60. The lowest BCUT2D eigenvalue weighted by Gasteiger charge is -2.21. The van der Waals surface area contributed by atoms with Gasteiger partial charge in [0.05, 0.1) is 0 Å². The first-order valence-corrected chi connectivity index (χ1v) is 8.14. The van der Waals surface area contributed by atoms with E-state index in [9.17, 15) is 4.79 Å². The summed E-state index contributed by atoms with van der Waals surface area (Å²) in [5, 5.41) is 6.31. The molecule has 4 nitrogen and oxygen atoms in total. The minimum Gasteiger partial charge on any atom is -0.372 e. The Labute approximate surface area is 142 Å². The van der Waals surface area contributed by atoms with Crippen LogP contribution in [0.15, 0.2) is 48.5 Å². The highest BCUT2D eigenvalue weighted by Gasteiger charge is 2.04. The van der Waals surface area contributed by atoms with Crippen LogP contribution in [0.3, 0.4) is 0 Å². The van der Waals surface area contributed by atoms with Gasteiger partial charge in [0.1, 0.15) is 0 Å². The van der Waals surface area contributed by atoms with E-state index >= 15 is 0 Å². The third-order valence-corrected chi connectivity index (χ3v) is 3.83. The number of amides is 2. The maximum Gasteiger partial charge on any atom is 0.319 e. The molecule has 2 aromatic rings. The minimum atomic E-state index is -0.236. The van der Waals surface area contributed by atoms with Gasteiger partial charge in [-0.1, -0.05) is 23.7 Å². The van der Waals surface area contributed by atoms with Crippen LogP contribution in [0, 0.1) is 0 Å². The molecule has 0 saturated carbocycles. The standard InChI is InChI=1S/C18H22ClN3O/c1-3-22(4-2)17-10-8-16(9-11-17)21-18(23)20-13-14-6-5-7-15(19)12-14/h5-12H,3-4,13H2,1-2H3,(H2,20,21,23). The molecule has 0 aliphatic carbocycles. The Hall–Kier alpha value is -2.20. The number of carbonyl (C=O) groups is 1. The van der Waals surface area contributed by atoms with E-state index in [0.717, 1.165) is 30.0 Å². The van der Waals surface area contributed by atoms with Crippen LogP contribution in [-0.2, 0) is 6.54 Å². The predicted molar refractivity (Wildman–Crippen MR) is 97.3 cm³/mol. The monoisotopic (exact) mass is 331 g/mol. The molecular weight excluding hydrogens is 310 g/mol. The van der Waals surface area contributed by atoms with E-state index in [-0.39, 0.29) is 6.03 Å². The molecule has 2 aromatic carbocycles. The zero-order valence-electron chi connectivity index (χ0n) is 13.5. The number of nitrogens with zero attached hydrogens (tertiary/aromatic N) is 1. The number of anilines is 2. The Kier molecular flexibility index (Phi) is 6.29. The lowest BCUT2D eigenvalue weighted by molar-refractivity contribution is 0.251. The van der Waals surface area contributed by atoms with Crippen molar-refractivity contribution in [2.45, 2.75) is 20.4 Å². The summed E-state index contributed by atoms with van der Waals surface area (Å²) >= 11 is 5.92. The van der Waals surface area contributed by atoms with Crippen LogP contribution in [0.1, 0.15) is 19.4 Å². The summed E-state index contributed by atoms with van der Waals surface area (Å²) in [6.07, 6.45) is 0. The van der Waals surface area contributed by atoms with Crippen molar-refractivity contribution in [3.8, 4) is 0 Å². The molecule has 5 heteroatoms. The second kappa shape index (κ2) is 8.44. The quantitative estimate of drug-likeness (QED) is 0.818. The molecule has 2 amide bonds. The van der Waals surface area contributed by atoms with Gasteiger partial charge in [0.25, 0.3) is 0 Å². The number of halogens is 1. The lowest BCUT2D eigenvalue weighted by atomic mass is 10.2. The van der Waals surface area contributed by atoms with Crippen LogP contribution in [-0.4, -0.2) is 19.1 Å². The molecule has 0 radical (unpaired) electrons. The van der Waals surface area contributed by atoms with E-state index in [1.807, 2.05) is 48.5 Å². The summed E-state index contributed by atoms with van der Waals surface area (Å²) in [6.45, 7) is 6.61. The van der Waals surface area contributed by atoms with Crippen molar-refractivity contribution >= 4 is 29.0 Å². The van der Waals surface area contributed by atoms with Crippen molar-refractivity contribution in [1.82, 2.24) is 5.32 Å². The van der Waals surface area contributed by atoms with Gasteiger partial charge in [0, 0.05) is 36.0 Å². The van der Waals surface area contributed by atoms with Gasteiger partial charge in [0.2, 0.25) is 0 Å². The molecule has 0 atom stereocenters. The first-order valence-electron chi connectivity index (χ1n) is 7.76. The molecule has 0 bridgehead atoms. The Morgan fingerprint density at radius 2 is 1.78 bits per heavy atom. The summed E-state index contributed by atoms with van der Waals surface area (Å²) in [5.74, 6) is 0. The molecule has 0 saturated heterocycles. The van der Waals surface area contributed by atoms with Gasteiger partial charge in [-0.3, -0.25) is 0 Å². The average molecular weight is 332 g/mol. The number of hydrogen-bond acceptors (Lipinski definition) is 2. The number of urea groups is 1. The highest BCUT2D eigenvalue weighted by atomic mass is 35.5. The topological polar surface area (TPSA) is 44.4 Å². The van der Waals surface area contributed by atoms with Crippen molar-refractivity contribution in [3.05, 3.63) is 59.1 Å². The molecule has 122 valence electrons. The van der Waals surface area contributed by atoms with E-state index in [4.69, 9.17) is 11.6 Å². The highest BCUT2D eigenvalue weighted by Crippen LogP contribution is 2.17. The molecule has 2 N–H and O–H groups in total. The molecule has 0 unspecified atom stereocenters. The lowest BCUT2D eigenvalue weighted by Crippen LogP contribution is -2.28. The average Bonchev–Trinajstić information content (AvgIpc) is 2.56. The first-order chi connectivity index (χ1) is 11.1. The molecular formula is C18H22ClN3O. The largest absolute Gasteiger partial charge is 0.372 e. The summed E-state index contributed by atoms with van der Waals surface area (Å²) in [5.41, 5.74) is 2.88. The van der Waals surface area contributed by atoms with Crippen LogP contribution in [0.5, 0.6) is 0 Å². The zero-order valence-corrected chi connectivity index (χ0v) is 14.2. The summed E-state index contributed by atoms with van der Waals surface area (Å²) in [6, 6.07) is 15.0. The van der Waals surface area contributed by atoms with Crippen molar-refractivity contribution in [1.29, 1.82) is 0 Å². The SMILES string of the molecule is CCN(CC)c1ccc(NC(=O)NCc2cccc(Cl)c2)cc1. The van der Waals surface area contributed by atoms with E-state index in [1.165, 1.54) is 0 Å². The normalized spacial score (nSPS) is 10.2. The van der Waals surface area contributed by atoms with Gasteiger partial charge in [0.15, 0.2) is 0 Å². The van der Waals surface area contributed by atoms with Crippen LogP contribution >= 0.6 is 11.6 Å². The van der Waals surface area contributed by atoms with Gasteiger partial charge in [-0.2, -0.15) is 0 Å². The summed E-state index contributed by atoms with van der Waals surface area (Å²) in [4.78, 5) is 14.2. The molecule has 0 spiro atoms. The highest BCUT2D eigenvalue weighted by molar-refractivity contribution is 6.30. The first kappa shape index (κ1) is 17.2. The maximum atomic E-state index is 11.9. The number of hydrogen-bond donors (Lipinski definition) is 2. The fourth-order valence-corrected chi connectivity index (χ4v) is 2.56. The molecule has 0 heterocycles. The Bertz CT molecular complexity index is 639.